The number of benzene rings is 2. The highest BCUT2D eigenvalue weighted by molar-refractivity contribution is 5.94. The van der Waals surface area contributed by atoms with E-state index in [4.69, 9.17) is 9.47 Å². The van der Waals surface area contributed by atoms with Gasteiger partial charge >= 0.3 is 0 Å². The molecular weight excluding hydrogens is 356 g/mol. The summed E-state index contributed by atoms with van der Waals surface area (Å²) in [6, 6.07) is 14.8. The zero-order chi connectivity index (χ0) is 19.9. The molecule has 2 amide bonds. The summed E-state index contributed by atoms with van der Waals surface area (Å²) >= 11 is 0. The second kappa shape index (κ2) is 9.26. The molecule has 0 aromatic heterocycles. The minimum absolute atomic E-state index is 0.00414. The summed E-state index contributed by atoms with van der Waals surface area (Å²) in [5, 5.41) is 3.00. The molecule has 148 valence electrons. The van der Waals surface area contributed by atoms with E-state index in [-0.39, 0.29) is 17.7 Å². The van der Waals surface area contributed by atoms with Gasteiger partial charge in [-0.25, -0.2) is 0 Å². The van der Waals surface area contributed by atoms with Gasteiger partial charge in [0.2, 0.25) is 5.91 Å². The molecule has 28 heavy (non-hydrogen) atoms. The molecule has 1 saturated heterocycles. The fraction of sp³-hybridized carbons (Fsp3) is 0.364. The molecule has 6 heteroatoms. The number of carbonyl (C=O) groups is 2. The van der Waals surface area contributed by atoms with E-state index in [1.165, 1.54) is 0 Å². The minimum Gasteiger partial charge on any atom is -0.497 e. The number of carbonyl (C=O) groups excluding carboxylic acids is 2. The van der Waals surface area contributed by atoms with E-state index in [9.17, 15) is 9.59 Å². The highest BCUT2D eigenvalue weighted by Gasteiger charge is 2.27. The van der Waals surface area contributed by atoms with Crippen LogP contribution in [0.4, 0.5) is 0 Å². The SMILES string of the molecule is COc1ccc(C(=O)N2CCC(C(=O)NCc3ccccc3OC)CC2)cc1. The van der Waals surface area contributed by atoms with E-state index < -0.39 is 0 Å². The van der Waals surface area contributed by atoms with Gasteiger partial charge in [0, 0.05) is 36.7 Å². The largest absolute Gasteiger partial charge is 0.497 e. The molecule has 0 atom stereocenters. The van der Waals surface area contributed by atoms with Gasteiger partial charge in [0.15, 0.2) is 0 Å². The van der Waals surface area contributed by atoms with Crippen molar-refractivity contribution in [2.24, 2.45) is 5.92 Å². The Bertz CT molecular complexity index is 812. The zero-order valence-electron chi connectivity index (χ0n) is 16.3. The molecule has 1 N–H and O–H groups in total. The second-order valence-corrected chi connectivity index (χ2v) is 6.82. The number of methoxy groups -OCH3 is 2. The van der Waals surface area contributed by atoms with Crippen LogP contribution in [0, 0.1) is 5.92 Å². The fourth-order valence-electron chi connectivity index (χ4n) is 3.44. The Morgan fingerprint density at radius 3 is 2.32 bits per heavy atom. The number of rotatable bonds is 6. The van der Waals surface area contributed by atoms with Gasteiger partial charge in [-0.3, -0.25) is 9.59 Å². The van der Waals surface area contributed by atoms with Crippen molar-refractivity contribution in [2.75, 3.05) is 27.3 Å². The number of para-hydroxylation sites is 1. The minimum atomic E-state index is -0.0744. The lowest BCUT2D eigenvalue weighted by Crippen LogP contribution is -2.42. The van der Waals surface area contributed by atoms with Gasteiger partial charge in [0.1, 0.15) is 11.5 Å². The lowest BCUT2D eigenvalue weighted by atomic mass is 9.95. The maximum absolute atomic E-state index is 12.6. The molecule has 0 saturated carbocycles. The average Bonchev–Trinajstić information content (AvgIpc) is 2.77. The molecule has 2 aromatic rings. The third kappa shape index (κ3) is 4.63. The number of nitrogens with one attached hydrogen (secondary N) is 1. The molecule has 0 bridgehead atoms. The molecule has 2 aromatic carbocycles. The first-order valence-electron chi connectivity index (χ1n) is 9.45. The standard InChI is InChI=1S/C22H26N2O4/c1-27-19-9-7-17(8-10-19)22(26)24-13-11-16(12-14-24)21(25)23-15-18-5-3-4-6-20(18)28-2/h3-10,16H,11-15H2,1-2H3,(H,23,25). The van der Waals surface area contributed by atoms with E-state index >= 15 is 0 Å². The first-order valence-corrected chi connectivity index (χ1v) is 9.45. The maximum atomic E-state index is 12.6. The van der Waals surface area contributed by atoms with Gasteiger partial charge in [-0.2, -0.15) is 0 Å². The highest BCUT2D eigenvalue weighted by Crippen LogP contribution is 2.21. The topological polar surface area (TPSA) is 67.9 Å². The quantitative estimate of drug-likeness (QED) is 0.834. The number of piperidine rings is 1. The summed E-state index contributed by atoms with van der Waals surface area (Å²) in [5.74, 6) is 1.44. The molecule has 3 rings (SSSR count). The van der Waals surface area contributed by atoms with Crippen LogP contribution in [-0.4, -0.2) is 44.0 Å². The molecule has 1 fully saturated rings. The molecule has 0 aliphatic carbocycles. The Kier molecular flexibility index (Phi) is 6.53. The number of hydrogen-bond donors (Lipinski definition) is 1. The molecule has 1 heterocycles. The summed E-state index contributed by atoms with van der Waals surface area (Å²) in [6.45, 7) is 1.60. The summed E-state index contributed by atoms with van der Waals surface area (Å²) in [5.41, 5.74) is 1.59. The Balaban J connectivity index is 1.50. The number of likely N-dealkylation sites (tertiary alicyclic amines) is 1. The summed E-state index contributed by atoms with van der Waals surface area (Å²) in [6.07, 6.45) is 1.33. The molecule has 1 aliphatic rings. The highest BCUT2D eigenvalue weighted by atomic mass is 16.5. The van der Waals surface area contributed by atoms with Crippen molar-refractivity contribution >= 4 is 11.8 Å². The van der Waals surface area contributed by atoms with Crippen LogP contribution in [0.15, 0.2) is 48.5 Å². The second-order valence-electron chi connectivity index (χ2n) is 6.82. The van der Waals surface area contributed by atoms with Crippen LogP contribution in [0.25, 0.3) is 0 Å². The van der Waals surface area contributed by atoms with E-state index in [0.29, 0.717) is 38.0 Å². The Labute approximate surface area is 165 Å². The van der Waals surface area contributed by atoms with Gasteiger partial charge in [-0.1, -0.05) is 18.2 Å². The van der Waals surface area contributed by atoms with Crippen LogP contribution in [0.3, 0.4) is 0 Å². The Morgan fingerprint density at radius 1 is 1.00 bits per heavy atom. The van der Waals surface area contributed by atoms with Crippen molar-refractivity contribution in [3.63, 3.8) is 0 Å². The van der Waals surface area contributed by atoms with E-state index in [0.717, 1.165) is 17.1 Å². The van der Waals surface area contributed by atoms with E-state index in [1.807, 2.05) is 29.2 Å². The van der Waals surface area contributed by atoms with E-state index in [2.05, 4.69) is 5.32 Å². The third-order valence-corrected chi connectivity index (χ3v) is 5.14. The smallest absolute Gasteiger partial charge is 0.253 e. The molecule has 0 radical (unpaired) electrons. The number of hydrogen-bond acceptors (Lipinski definition) is 4. The van der Waals surface area contributed by atoms with E-state index in [1.54, 1.807) is 38.5 Å². The summed E-state index contributed by atoms with van der Waals surface area (Å²) in [7, 11) is 3.22. The van der Waals surface area contributed by atoms with Gasteiger partial charge in [0.05, 0.1) is 14.2 Å². The monoisotopic (exact) mass is 382 g/mol. The lowest BCUT2D eigenvalue weighted by molar-refractivity contribution is -0.126. The van der Waals surface area contributed by atoms with Crippen LogP contribution >= 0.6 is 0 Å². The first-order chi connectivity index (χ1) is 13.6. The summed E-state index contributed by atoms with van der Waals surface area (Å²) in [4.78, 5) is 27.0. The maximum Gasteiger partial charge on any atom is 0.253 e. The number of amides is 2. The van der Waals surface area contributed by atoms with Gasteiger partial charge in [0.25, 0.3) is 5.91 Å². The van der Waals surface area contributed by atoms with Crippen molar-refractivity contribution < 1.29 is 19.1 Å². The Hall–Kier alpha value is -3.02. The molecular formula is C22H26N2O4. The van der Waals surface area contributed by atoms with Crippen molar-refractivity contribution in [3.8, 4) is 11.5 Å². The first kappa shape index (κ1) is 19.7. The van der Waals surface area contributed by atoms with Crippen LogP contribution in [0.1, 0.15) is 28.8 Å². The van der Waals surface area contributed by atoms with Gasteiger partial charge in [-0.15, -0.1) is 0 Å². The fourth-order valence-corrected chi connectivity index (χ4v) is 3.44. The average molecular weight is 382 g/mol. The number of ether oxygens (including phenoxy) is 2. The van der Waals surface area contributed by atoms with Crippen molar-refractivity contribution in [3.05, 3.63) is 59.7 Å². The van der Waals surface area contributed by atoms with Crippen LogP contribution in [-0.2, 0) is 11.3 Å². The van der Waals surface area contributed by atoms with Crippen molar-refractivity contribution in [1.82, 2.24) is 10.2 Å². The van der Waals surface area contributed by atoms with Crippen molar-refractivity contribution in [1.29, 1.82) is 0 Å². The summed E-state index contributed by atoms with van der Waals surface area (Å²) < 4.78 is 10.4. The molecule has 6 nitrogen and oxygen atoms in total. The molecule has 0 spiro atoms. The van der Waals surface area contributed by atoms with Crippen LogP contribution in [0.5, 0.6) is 11.5 Å². The van der Waals surface area contributed by atoms with Crippen LogP contribution < -0.4 is 14.8 Å². The number of nitrogens with zero attached hydrogens (tertiary/aromatic N) is 1. The van der Waals surface area contributed by atoms with Gasteiger partial charge in [-0.05, 0) is 43.2 Å². The zero-order valence-corrected chi connectivity index (χ0v) is 16.3. The Morgan fingerprint density at radius 2 is 1.68 bits per heavy atom. The molecule has 0 unspecified atom stereocenters. The predicted octanol–water partition coefficient (Wildman–Crippen LogP) is 2.87. The van der Waals surface area contributed by atoms with Crippen LogP contribution in [0.2, 0.25) is 0 Å². The normalized spacial score (nSPS) is 14.4. The predicted molar refractivity (Wildman–Crippen MR) is 106 cm³/mol. The third-order valence-electron chi connectivity index (χ3n) is 5.14. The van der Waals surface area contributed by atoms with Gasteiger partial charge < -0.3 is 19.7 Å². The van der Waals surface area contributed by atoms with Crippen molar-refractivity contribution in [2.45, 2.75) is 19.4 Å². The lowest BCUT2D eigenvalue weighted by Gasteiger charge is -2.31. The molecule has 1 aliphatic heterocycles.